The molecule has 19 heavy (non-hydrogen) atoms. The fraction of sp³-hybridized carbons (Fsp3) is 0.0833. The molecule has 0 saturated carbocycles. The van der Waals surface area contributed by atoms with Gasteiger partial charge in [-0.05, 0) is 34.5 Å². The van der Waals surface area contributed by atoms with Crippen molar-refractivity contribution in [2.75, 3.05) is 4.72 Å². The van der Waals surface area contributed by atoms with Crippen LogP contribution in [0, 0.1) is 6.92 Å². The first-order valence-electron chi connectivity index (χ1n) is 5.36. The van der Waals surface area contributed by atoms with Gasteiger partial charge in [0.05, 0.1) is 11.1 Å². The molecule has 100 valence electrons. The molecule has 1 N–H and O–H groups in total. The summed E-state index contributed by atoms with van der Waals surface area (Å²) in [5.74, 6) is 0.0650. The molecule has 0 spiro atoms. The van der Waals surface area contributed by atoms with E-state index in [1.807, 2.05) is 18.2 Å². The van der Waals surface area contributed by atoms with Crippen LogP contribution in [-0.4, -0.2) is 13.6 Å². The van der Waals surface area contributed by atoms with Gasteiger partial charge in [-0.15, -0.1) is 0 Å². The average Bonchev–Trinajstić information content (AvgIpc) is 2.69. The highest BCUT2D eigenvalue weighted by Crippen LogP contribution is 2.26. The van der Waals surface area contributed by atoms with Crippen LogP contribution in [0.5, 0.6) is 0 Å². The summed E-state index contributed by atoms with van der Waals surface area (Å²) in [5.41, 5.74) is 1.37. The van der Waals surface area contributed by atoms with Gasteiger partial charge < -0.3 is 4.52 Å². The van der Waals surface area contributed by atoms with Gasteiger partial charge in [0.25, 0.3) is 15.9 Å². The summed E-state index contributed by atoms with van der Waals surface area (Å²) in [6, 6.07) is 9.13. The molecular formula is C12H11BrN2O3S. The summed E-state index contributed by atoms with van der Waals surface area (Å²) in [6.45, 7) is 1.70. The van der Waals surface area contributed by atoms with E-state index < -0.39 is 10.0 Å². The minimum atomic E-state index is -3.64. The molecule has 0 saturated heterocycles. The SMILES string of the molecule is Cc1noc(NS(=O)(=O)/C=C/c2ccccc2)c1Br. The maximum absolute atomic E-state index is 11.8. The van der Waals surface area contributed by atoms with E-state index >= 15 is 0 Å². The monoisotopic (exact) mass is 342 g/mol. The second kappa shape index (κ2) is 5.58. The van der Waals surface area contributed by atoms with Crippen molar-refractivity contribution < 1.29 is 12.9 Å². The number of halogens is 1. The highest BCUT2D eigenvalue weighted by atomic mass is 79.9. The van der Waals surface area contributed by atoms with Gasteiger partial charge in [0.1, 0.15) is 4.47 Å². The smallest absolute Gasteiger partial charge is 0.257 e. The zero-order valence-corrected chi connectivity index (χ0v) is 12.4. The molecule has 0 amide bonds. The van der Waals surface area contributed by atoms with Crippen molar-refractivity contribution in [2.45, 2.75) is 6.92 Å². The molecule has 0 atom stereocenters. The van der Waals surface area contributed by atoms with E-state index in [1.54, 1.807) is 19.1 Å². The lowest BCUT2D eigenvalue weighted by molar-refractivity contribution is 0.430. The van der Waals surface area contributed by atoms with Crippen LogP contribution in [0.1, 0.15) is 11.3 Å². The lowest BCUT2D eigenvalue weighted by Crippen LogP contribution is -2.08. The highest BCUT2D eigenvalue weighted by molar-refractivity contribution is 9.10. The minimum absolute atomic E-state index is 0.0650. The van der Waals surface area contributed by atoms with Gasteiger partial charge in [0.2, 0.25) is 0 Å². The number of hydrogen-bond donors (Lipinski definition) is 1. The Morgan fingerprint density at radius 2 is 2.00 bits per heavy atom. The first kappa shape index (κ1) is 13.8. The van der Waals surface area contributed by atoms with Gasteiger partial charge in [0.15, 0.2) is 0 Å². The van der Waals surface area contributed by atoms with E-state index in [0.717, 1.165) is 11.0 Å². The molecule has 7 heteroatoms. The van der Waals surface area contributed by atoms with E-state index in [1.165, 1.54) is 6.08 Å². The van der Waals surface area contributed by atoms with Crippen LogP contribution in [0.4, 0.5) is 5.88 Å². The second-order valence-corrected chi connectivity index (χ2v) is 6.13. The maximum Gasteiger partial charge on any atom is 0.257 e. The molecule has 0 bridgehead atoms. The van der Waals surface area contributed by atoms with Crippen molar-refractivity contribution in [1.29, 1.82) is 0 Å². The summed E-state index contributed by atoms with van der Waals surface area (Å²) >= 11 is 3.19. The predicted molar refractivity (Wildman–Crippen MR) is 77.0 cm³/mol. The van der Waals surface area contributed by atoms with Gasteiger partial charge in [-0.1, -0.05) is 35.5 Å². The van der Waals surface area contributed by atoms with Crippen LogP contribution in [0.2, 0.25) is 0 Å². The van der Waals surface area contributed by atoms with Crippen LogP contribution in [0.15, 0.2) is 44.7 Å². The summed E-state index contributed by atoms with van der Waals surface area (Å²) in [4.78, 5) is 0. The Labute approximate surface area is 119 Å². The number of benzene rings is 1. The molecule has 0 unspecified atom stereocenters. The largest absolute Gasteiger partial charge is 0.336 e. The quantitative estimate of drug-likeness (QED) is 0.926. The highest BCUT2D eigenvalue weighted by Gasteiger charge is 2.15. The van der Waals surface area contributed by atoms with Gasteiger partial charge in [-0.25, -0.2) is 13.1 Å². The number of rotatable bonds is 4. The molecule has 2 rings (SSSR count). The number of nitrogens with zero attached hydrogens (tertiary/aromatic N) is 1. The van der Waals surface area contributed by atoms with Crippen LogP contribution >= 0.6 is 15.9 Å². The standard InChI is InChI=1S/C12H11BrN2O3S/c1-9-11(13)12(18-14-9)15-19(16,17)8-7-10-5-3-2-4-6-10/h2-8,15H,1H3/b8-7+. The van der Waals surface area contributed by atoms with Crippen molar-refractivity contribution in [3.63, 3.8) is 0 Å². The Morgan fingerprint density at radius 1 is 1.32 bits per heavy atom. The molecule has 1 aromatic carbocycles. The van der Waals surface area contributed by atoms with Gasteiger partial charge >= 0.3 is 0 Å². The minimum Gasteiger partial charge on any atom is -0.336 e. The Bertz CT molecular complexity index is 693. The summed E-state index contributed by atoms with van der Waals surface area (Å²) in [5, 5.41) is 4.72. The Kier molecular flexibility index (Phi) is 4.06. The van der Waals surface area contributed by atoms with Gasteiger partial charge in [-0.2, -0.15) is 0 Å². The van der Waals surface area contributed by atoms with Crippen molar-refractivity contribution in [2.24, 2.45) is 0 Å². The molecular weight excluding hydrogens is 332 g/mol. The molecule has 0 aliphatic carbocycles. The lowest BCUT2D eigenvalue weighted by atomic mass is 10.2. The number of hydrogen-bond acceptors (Lipinski definition) is 4. The number of aromatic nitrogens is 1. The van der Waals surface area contributed by atoms with E-state index in [9.17, 15) is 8.42 Å². The first-order chi connectivity index (χ1) is 8.98. The average molecular weight is 343 g/mol. The molecule has 2 aromatic rings. The first-order valence-corrected chi connectivity index (χ1v) is 7.69. The van der Waals surface area contributed by atoms with Crippen molar-refractivity contribution in [3.05, 3.63) is 51.5 Å². The molecule has 1 aromatic heterocycles. The third kappa shape index (κ3) is 3.68. The number of sulfonamides is 1. The molecule has 0 fully saturated rings. The zero-order valence-electron chi connectivity index (χ0n) is 10.00. The fourth-order valence-corrected chi connectivity index (χ4v) is 2.49. The third-order valence-corrected chi connectivity index (χ3v) is 4.16. The van der Waals surface area contributed by atoms with Crippen molar-refractivity contribution in [3.8, 4) is 0 Å². The van der Waals surface area contributed by atoms with Crippen molar-refractivity contribution >= 4 is 37.9 Å². The third-order valence-electron chi connectivity index (χ3n) is 2.27. The molecule has 0 radical (unpaired) electrons. The molecule has 5 nitrogen and oxygen atoms in total. The van der Waals surface area contributed by atoms with Crippen LogP contribution in [0.25, 0.3) is 6.08 Å². The molecule has 1 heterocycles. The van der Waals surface area contributed by atoms with Crippen LogP contribution in [0.3, 0.4) is 0 Å². The van der Waals surface area contributed by atoms with E-state index in [2.05, 4.69) is 25.8 Å². The van der Waals surface area contributed by atoms with E-state index in [4.69, 9.17) is 4.52 Å². The normalized spacial score (nSPS) is 11.9. The second-order valence-electron chi connectivity index (χ2n) is 3.77. The van der Waals surface area contributed by atoms with Crippen LogP contribution < -0.4 is 4.72 Å². The summed E-state index contributed by atoms with van der Waals surface area (Å²) in [7, 11) is -3.64. The fourth-order valence-electron chi connectivity index (χ4n) is 1.32. The van der Waals surface area contributed by atoms with Gasteiger partial charge in [0, 0.05) is 0 Å². The van der Waals surface area contributed by atoms with Crippen LogP contribution in [-0.2, 0) is 10.0 Å². The Hall–Kier alpha value is -1.60. The zero-order chi connectivity index (χ0) is 13.9. The Balaban J connectivity index is 2.16. The predicted octanol–water partition coefficient (Wildman–Crippen LogP) is 3.16. The summed E-state index contributed by atoms with van der Waals surface area (Å²) in [6.07, 6.45) is 1.50. The van der Waals surface area contributed by atoms with E-state index in [0.29, 0.717) is 10.2 Å². The molecule has 0 aliphatic heterocycles. The molecule has 0 aliphatic rings. The Morgan fingerprint density at radius 3 is 2.58 bits per heavy atom. The maximum atomic E-state index is 11.8. The van der Waals surface area contributed by atoms with Crippen molar-refractivity contribution in [1.82, 2.24) is 5.16 Å². The number of aryl methyl sites for hydroxylation is 1. The number of nitrogens with one attached hydrogen (secondary N) is 1. The number of anilines is 1. The lowest BCUT2D eigenvalue weighted by Gasteiger charge is -1.99. The van der Waals surface area contributed by atoms with Gasteiger partial charge in [-0.3, -0.25) is 0 Å². The van der Waals surface area contributed by atoms with E-state index in [-0.39, 0.29) is 5.88 Å². The topological polar surface area (TPSA) is 72.2 Å². The summed E-state index contributed by atoms with van der Waals surface area (Å²) < 4.78 is 31.3.